The second kappa shape index (κ2) is 4.72. The summed E-state index contributed by atoms with van der Waals surface area (Å²) in [5.41, 5.74) is 3.59. The zero-order chi connectivity index (χ0) is 15.2. The minimum atomic E-state index is 0.00898. The van der Waals surface area contributed by atoms with Crippen molar-refractivity contribution in [3.63, 3.8) is 0 Å². The number of ketones is 1. The van der Waals surface area contributed by atoms with Crippen LogP contribution in [0.5, 0.6) is 5.75 Å². The van der Waals surface area contributed by atoms with Gasteiger partial charge in [0.05, 0.1) is 18.4 Å². The van der Waals surface area contributed by atoms with Crippen LogP contribution in [0, 0.1) is 5.41 Å². The van der Waals surface area contributed by atoms with Gasteiger partial charge in [0.2, 0.25) is 0 Å². The highest BCUT2D eigenvalue weighted by molar-refractivity contribution is 6.04. The molecule has 0 N–H and O–H groups in total. The molecule has 4 heteroatoms. The largest absolute Gasteiger partial charge is 0.497 e. The summed E-state index contributed by atoms with van der Waals surface area (Å²) in [5, 5.41) is 4.59. The lowest BCUT2D eigenvalue weighted by Crippen LogP contribution is -2.27. The first-order valence-corrected chi connectivity index (χ1v) is 7.15. The van der Waals surface area contributed by atoms with E-state index in [1.54, 1.807) is 7.11 Å². The molecule has 4 nitrogen and oxygen atoms in total. The molecule has 1 heterocycles. The average molecular weight is 284 g/mol. The minimum Gasteiger partial charge on any atom is -0.497 e. The zero-order valence-electron chi connectivity index (χ0n) is 12.9. The highest BCUT2D eigenvalue weighted by atomic mass is 16.5. The summed E-state index contributed by atoms with van der Waals surface area (Å²) in [6, 6.07) is 7.70. The van der Waals surface area contributed by atoms with E-state index in [-0.39, 0.29) is 11.2 Å². The summed E-state index contributed by atoms with van der Waals surface area (Å²) in [6.07, 6.45) is 1.46. The van der Waals surface area contributed by atoms with E-state index in [0.29, 0.717) is 6.42 Å². The van der Waals surface area contributed by atoms with Crippen molar-refractivity contribution in [2.24, 2.45) is 12.5 Å². The predicted octanol–water partition coefficient (Wildman–Crippen LogP) is 3.25. The van der Waals surface area contributed by atoms with Gasteiger partial charge in [-0.25, -0.2) is 0 Å². The molecular formula is C17H20N2O2. The molecule has 2 aromatic rings. The van der Waals surface area contributed by atoms with Crippen LogP contribution in [0.1, 0.15) is 36.3 Å². The number of hydrogen-bond acceptors (Lipinski definition) is 3. The summed E-state index contributed by atoms with van der Waals surface area (Å²) in [4.78, 5) is 12.6. The lowest BCUT2D eigenvalue weighted by molar-refractivity contribution is 0.0911. The van der Waals surface area contributed by atoms with E-state index in [4.69, 9.17) is 4.74 Å². The summed E-state index contributed by atoms with van der Waals surface area (Å²) in [6.45, 7) is 4.27. The Kier molecular flexibility index (Phi) is 3.12. The molecule has 0 unspecified atom stereocenters. The number of carbonyl (C=O) groups is 1. The molecule has 110 valence electrons. The van der Waals surface area contributed by atoms with E-state index in [1.165, 1.54) is 0 Å². The van der Waals surface area contributed by atoms with Gasteiger partial charge in [-0.2, -0.15) is 5.10 Å². The number of fused-ring (bicyclic) bond motifs is 1. The van der Waals surface area contributed by atoms with Gasteiger partial charge in [0, 0.05) is 19.0 Å². The molecule has 3 rings (SSSR count). The number of aryl methyl sites for hydroxylation is 1. The maximum absolute atomic E-state index is 12.6. The van der Waals surface area contributed by atoms with E-state index in [9.17, 15) is 4.79 Å². The number of hydrogen-bond donors (Lipinski definition) is 0. The molecule has 1 aliphatic carbocycles. The fourth-order valence-electron chi connectivity index (χ4n) is 3.04. The van der Waals surface area contributed by atoms with Crippen LogP contribution in [0.2, 0.25) is 0 Å². The Hall–Kier alpha value is -2.10. The predicted molar refractivity (Wildman–Crippen MR) is 81.6 cm³/mol. The van der Waals surface area contributed by atoms with Gasteiger partial charge in [-0.3, -0.25) is 9.48 Å². The first kappa shape index (κ1) is 13.9. The van der Waals surface area contributed by atoms with Crippen LogP contribution < -0.4 is 4.74 Å². The Morgan fingerprint density at radius 2 is 1.86 bits per heavy atom. The van der Waals surface area contributed by atoms with Gasteiger partial charge >= 0.3 is 0 Å². The molecule has 0 spiro atoms. The molecule has 0 bridgehead atoms. The maximum Gasteiger partial charge on any atom is 0.167 e. The average Bonchev–Trinajstić information content (AvgIpc) is 2.75. The summed E-state index contributed by atoms with van der Waals surface area (Å²) < 4.78 is 7.03. The highest BCUT2D eigenvalue weighted by Gasteiger charge is 2.35. The second-order valence-electron chi connectivity index (χ2n) is 6.46. The van der Waals surface area contributed by atoms with Gasteiger partial charge in [0.1, 0.15) is 11.4 Å². The lowest BCUT2D eigenvalue weighted by Gasteiger charge is -2.28. The second-order valence-corrected chi connectivity index (χ2v) is 6.46. The molecule has 0 amide bonds. The number of aromatic nitrogens is 2. The molecule has 1 aliphatic rings. The third kappa shape index (κ3) is 2.35. The third-order valence-corrected chi connectivity index (χ3v) is 4.09. The van der Waals surface area contributed by atoms with Crippen LogP contribution in [-0.4, -0.2) is 22.7 Å². The van der Waals surface area contributed by atoms with Crippen LogP contribution >= 0.6 is 0 Å². The van der Waals surface area contributed by atoms with Crippen LogP contribution in [0.4, 0.5) is 0 Å². The Morgan fingerprint density at radius 1 is 1.19 bits per heavy atom. The number of benzene rings is 1. The standard InChI is InChI=1S/C17H20N2O2/c1-17(2)9-13-15(14(20)10-17)16(18-19(13)3)11-5-7-12(21-4)8-6-11/h5-8H,9-10H2,1-4H3. The molecule has 0 aliphatic heterocycles. The minimum absolute atomic E-state index is 0.00898. The Labute approximate surface area is 124 Å². The van der Waals surface area contributed by atoms with Crippen LogP contribution in [0.25, 0.3) is 11.3 Å². The number of ether oxygens (including phenoxy) is 1. The monoisotopic (exact) mass is 284 g/mol. The molecule has 0 fully saturated rings. The number of methoxy groups -OCH3 is 1. The quantitative estimate of drug-likeness (QED) is 0.850. The van der Waals surface area contributed by atoms with Gasteiger partial charge < -0.3 is 4.74 Å². The fourth-order valence-corrected chi connectivity index (χ4v) is 3.04. The van der Waals surface area contributed by atoms with Crippen molar-refractivity contribution in [3.8, 4) is 17.0 Å². The van der Waals surface area contributed by atoms with Crippen molar-refractivity contribution in [1.82, 2.24) is 9.78 Å². The van der Waals surface area contributed by atoms with E-state index in [0.717, 1.165) is 34.7 Å². The number of carbonyl (C=O) groups excluding carboxylic acids is 1. The molecule has 0 saturated carbocycles. The van der Waals surface area contributed by atoms with Gasteiger partial charge in [-0.15, -0.1) is 0 Å². The van der Waals surface area contributed by atoms with Gasteiger partial charge in [-0.1, -0.05) is 13.8 Å². The van der Waals surface area contributed by atoms with Crippen molar-refractivity contribution in [2.45, 2.75) is 26.7 Å². The first-order valence-electron chi connectivity index (χ1n) is 7.15. The Bertz CT molecular complexity index is 696. The first-order chi connectivity index (χ1) is 9.91. The van der Waals surface area contributed by atoms with Gasteiger partial charge in [-0.05, 0) is 36.1 Å². The van der Waals surface area contributed by atoms with E-state index < -0.39 is 0 Å². The van der Waals surface area contributed by atoms with Gasteiger partial charge in [0.25, 0.3) is 0 Å². The van der Waals surface area contributed by atoms with Crippen LogP contribution in [0.15, 0.2) is 24.3 Å². The SMILES string of the molecule is COc1ccc(-c2nn(C)c3c2C(=O)CC(C)(C)C3)cc1. The lowest BCUT2D eigenvalue weighted by atomic mass is 9.75. The molecule has 0 atom stereocenters. The topological polar surface area (TPSA) is 44.1 Å². The van der Waals surface area contributed by atoms with E-state index in [2.05, 4.69) is 18.9 Å². The molecule has 1 aromatic carbocycles. The van der Waals surface area contributed by atoms with Crippen molar-refractivity contribution in [1.29, 1.82) is 0 Å². The Balaban J connectivity index is 2.11. The van der Waals surface area contributed by atoms with Crippen molar-refractivity contribution in [3.05, 3.63) is 35.5 Å². The van der Waals surface area contributed by atoms with Crippen molar-refractivity contribution < 1.29 is 9.53 Å². The fraction of sp³-hybridized carbons (Fsp3) is 0.412. The highest BCUT2D eigenvalue weighted by Crippen LogP contribution is 2.38. The van der Waals surface area contributed by atoms with Crippen molar-refractivity contribution >= 4 is 5.78 Å². The van der Waals surface area contributed by atoms with Crippen LogP contribution in [0.3, 0.4) is 0 Å². The third-order valence-electron chi connectivity index (χ3n) is 4.09. The zero-order valence-corrected chi connectivity index (χ0v) is 12.9. The van der Waals surface area contributed by atoms with E-state index in [1.807, 2.05) is 36.0 Å². The molecule has 1 aromatic heterocycles. The molecule has 0 saturated heterocycles. The van der Waals surface area contributed by atoms with Gasteiger partial charge in [0.15, 0.2) is 5.78 Å². The Morgan fingerprint density at radius 3 is 2.48 bits per heavy atom. The number of nitrogens with zero attached hydrogens (tertiary/aromatic N) is 2. The molecule has 21 heavy (non-hydrogen) atoms. The molecular weight excluding hydrogens is 264 g/mol. The summed E-state index contributed by atoms with van der Waals surface area (Å²) >= 11 is 0. The maximum atomic E-state index is 12.6. The smallest absolute Gasteiger partial charge is 0.167 e. The summed E-state index contributed by atoms with van der Waals surface area (Å²) in [5.74, 6) is 0.996. The number of Topliss-reactive ketones (excluding diaryl/α,β-unsaturated/α-hetero) is 1. The van der Waals surface area contributed by atoms with Crippen molar-refractivity contribution in [2.75, 3.05) is 7.11 Å². The van der Waals surface area contributed by atoms with E-state index >= 15 is 0 Å². The normalized spacial score (nSPS) is 16.7. The number of rotatable bonds is 2. The molecule has 0 radical (unpaired) electrons. The summed E-state index contributed by atoms with van der Waals surface area (Å²) in [7, 11) is 3.56. The van der Waals surface area contributed by atoms with Crippen LogP contribution in [-0.2, 0) is 13.5 Å².